The second-order valence-electron chi connectivity index (χ2n) is 9.28. The first-order chi connectivity index (χ1) is 16.4. The molecule has 178 valence electrons. The number of likely N-dealkylation sites (N-methyl/N-ethyl adjacent to an activating group) is 1. The smallest absolute Gasteiger partial charge is 0.239 e. The van der Waals surface area contributed by atoms with Crippen LogP contribution in [0.2, 0.25) is 0 Å². The lowest BCUT2D eigenvalue weighted by Crippen LogP contribution is -2.33. The molecule has 1 fully saturated rings. The van der Waals surface area contributed by atoms with Crippen molar-refractivity contribution < 1.29 is 4.79 Å². The average Bonchev–Trinajstić information content (AvgIpc) is 3.46. The Hall–Kier alpha value is -3.44. The minimum Gasteiger partial charge on any atom is -0.327 e. The predicted octanol–water partition coefficient (Wildman–Crippen LogP) is 4.69. The molecule has 0 bridgehead atoms. The summed E-state index contributed by atoms with van der Waals surface area (Å²) in [6.45, 7) is 6.33. The van der Waals surface area contributed by atoms with Gasteiger partial charge in [-0.2, -0.15) is 10.4 Å². The number of anilines is 1. The summed E-state index contributed by atoms with van der Waals surface area (Å²) >= 11 is 0. The summed E-state index contributed by atoms with van der Waals surface area (Å²) in [6.07, 6.45) is 8.98. The van der Waals surface area contributed by atoms with Gasteiger partial charge in [0.1, 0.15) is 24.5 Å². The van der Waals surface area contributed by atoms with Crippen LogP contribution >= 0.6 is 0 Å². The van der Waals surface area contributed by atoms with Crippen molar-refractivity contribution in [3.63, 3.8) is 0 Å². The molecule has 1 saturated carbocycles. The van der Waals surface area contributed by atoms with E-state index in [4.69, 9.17) is 0 Å². The Bertz CT molecular complexity index is 1170. The van der Waals surface area contributed by atoms with E-state index in [2.05, 4.69) is 39.9 Å². The summed E-state index contributed by atoms with van der Waals surface area (Å²) in [5.41, 5.74) is 4.66. The van der Waals surface area contributed by atoms with Crippen molar-refractivity contribution in [1.82, 2.24) is 24.2 Å². The largest absolute Gasteiger partial charge is 0.327 e. The zero-order valence-electron chi connectivity index (χ0n) is 20.5. The molecule has 4 rings (SSSR count). The minimum atomic E-state index is -0.111. The van der Waals surface area contributed by atoms with Gasteiger partial charge in [0.15, 0.2) is 0 Å². The number of hydrogen-bond donors (Lipinski definition) is 1. The number of carbonyl (C=O) groups is 1. The lowest BCUT2D eigenvalue weighted by atomic mass is 9.95. The Labute approximate surface area is 201 Å². The molecule has 8 nitrogen and oxygen atoms in total. The molecule has 2 heterocycles. The second-order valence-corrected chi connectivity index (χ2v) is 9.28. The van der Waals surface area contributed by atoms with E-state index in [1.807, 2.05) is 43.1 Å². The summed E-state index contributed by atoms with van der Waals surface area (Å²) in [6, 6.07) is 10.8. The first-order valence-electron chi connectivity index (χ1n) is 12.0. The number of nitrogens with one attached hydrogen (secondary N) is 1. The van der Waals surface area contributed by atoms with Crippen molar-refractivity contribution in [3.05, 3.63) is 59.3 Å². The number of hydrogen-bond acceptors (Lipinski definition) is 5. The molecule has 1 unspecified atom stereocenters. The Morgan fingerprint density at radius 3 is 2.56 bits per heavy atom. The molecule has 34 heavy (non-hydrogen) atoms. The van der Waals surface area contributed by atoms with Crippen LogP contribution in [-0.4, -0.2) is 43.7 Å². The maximum absolute atomic E-state index is 13.1. The lowest BCUT2D eigenvalue weighted by Gasteiger charge is -2.28. The van der Waals surface area contributed by atoms with E-state index in [1.165, 1.54) is 25.6 Å². The highest BCUT2D eigenvalue weighted by Gasteiger charge is 2.26. The Morgan fingerprint density at radius 1 is 1.24 bits per heavy atom. The van der Waals surface area contributed by atoms with E-state index in [-0.39, 0.29) is 18.5 Å². The maximum atomic E-state index is 13.1. The number of benzene rings is 1. The van der Waals surface area contributed by atoms with E-state index >= 15 is 0 Å². The molecule has 1 aromatic carbocycles. The molecule has 1 N–H and O–H groups in total. The van der Waals surface area contributed by atoms with E-state index < -0.39 is 0 Å². The van der Waals surface area contributed by atoms with Gasteiger partial charge in [0.2, 0.25) is 5.91 Å². The Balaban J connectivity index is 1.47. The maximum Gasteiger partial charge on any atom is 0.239 e. The van der Waals surface area contributed by atoms with Gasteiger partial charge in [-0.15, -0.1) is 0 Å². The van der Waals surface area contributed by atoms with Gasteiger partial charge in [0.25, 0.3) is 0 Å². The summed E-state index contributed by atoms with van der Waals surface area (Å²) in [4.78, 5) is 19.1. The molecule has 1 amide bonds. The SMILES string of the molecule is Cc1c(C#N)c(NC(=O)CN(C)C(C)c2ccc(-n3cncn3)cc2)n(C2CCCCC2)c1C. The van der Waals surface area contributed by atoms with Crippen molar-refractivity contribution in [2.75, 3.05) is 18.9 Å². The summed E-state index contributed by atoms with van der Waals surface area (Å²) in [7, 11) is 1.94. The number of carbonyl (C=O) groups excluding carboxylic acids is 1. The van der Waals surface area contributed by atoms with Crippen LogP contribution in [-0.2, 0) is 4.79 Å². The van der Waals surface area contributed by atoms with Gasteiger partial charge in [-0.1, -0.05) is 31.4 Å². The summed E-state index contributed by atoms with van der Waals surface area (Å²) < 4.78 is 3.92. The number of rotatable bonds is 7. The van der Waals surface area contributed by atoms with Gasteiger partial charge >= 0.3 is 0 Å². The van der Waals surface area contributed by atoms with E-state index in [1.54, 1.807) is 11.0 Å². The molecular weight excluding hydrogens is 426 g/mol. The lowest BCUT2D eigenvalue weighted by molar-refractivity contribution is -0.117. The van der Waals surface area contributed by atoms with Crippen molar-refractivity contribution in [2.24, 2.45) is 0 Å². The molecule has 1 aliphatic carbocycles. The van der Waals surface area contributed by atoms with Gasteiger partial charge in [0.05, 0.1) is 17.8 Å². The highest BCUT2D eigenvalue weighted by atomic mass is 16.2. The van der Waals surface area contributed by atoms with Crippen LogP contribution in [0.3, 0.4) is 0 Å². The molecule has 1 atom stereocenters. The first-order valence-corrected chi connectivity index (χ1v) is 12.0. The summed E-state index contributed by atoms with van der Waals surface area (Å²) in [5.74, 6) is 0.548. The quantitative estimate of drug-likeness (QED) is 0.553. The molecule has 0 saturated heterocycles. The van der Waals surface area contributed by atoms with E-state index in [0.29, 0.717) is 17.4 Å². The minimum absolute atomic E-state index is 0.0413. The zero-order chi connectivity index (χ0) is 24.2. The monoisotopic (exact) mass is 459 g/mol. The van der Waals surface area contributed by atoms with Crippen LogP contribution in [0.25, 0.3) is 5.69 Å². The van der Waals surface area contributed by atoms with Crippen LogP contribution in [0.5, 0.6) is 0 Å². The third-order valence-corrected chi connectivity index (χ3v) is 7.18. The normalized spacial score (nSPS) is 15.3. The standard InChI is InChI=1S/C26H33N7O/c1-18-19(2)33(23-8-6-5-7-9-23)26(24(18)14-27)30-25(34)15-31(4)20(3)21-10-12-22(13-11-21)32-17-28-16-29-32/h10-13,16-17,20,23H,5-9,15H2,1-4H3,(H,30,34). The third kappa shape index (κ3) is 4.75. The molecule has 0 spiro atoms. The van der Waals surface area contributed by atoms with Crippen molar-refractivity contribution >= 4 is 11.7 Å². The van der Waals surface area contributed by atoms with Gasteiger partial charge in [-0.05, 0) is 63.9 Å². The van der Waals surface area contributed by atoms with Gasteiger partial charge in [0, 0.05) is 17.8 Å². The fraction of sp³-hybridized carbons (Fsp3) is 0.462. The number of amides is 1. The fourth-order valence-electron chi connectivity index (χ4n) is 4.92. The first kappa shape index (κ1) is 23.7. The van der Waals surface area contributed by atoms with Gasteiger partial charge in [-0.25, -0.2) is 9.67 Å². The number of nitrogens with zero attached hydrogens (tertiary/aromatic N) is 6. The highest BCUT2D eigenvalue weighted by molar-refractivity contribution is 5.93. The molecule has 2 aromatic heterocycles. The molecule has 0 aliphatic heterocycles. The van der Waals surface area contributed by atoms with Crippen molar-refractivity contribution in [1.29, 1.82) is 5.26 Å². The van der Waals surface area contributed by atoms with Crippen molar-refractivity contribution in [2.45, 2.75) is 65.0 Å². The molecule has 8 heteroatoms. The highest BCUT2D eigenvalue weighted by Crippen LogP contribution is 2.36. The van der Waals surface area contributed by atoms with Crippen LogP contribution in [0.1, 0.15) is 73.5 Å². The van der Waals surface area contributed by atoms with Gasteiger partial charge in [-0.3, -0.25) is 9.69 Å². The number of aromatic nitrogens is 4. The third-order valence-electron chi connectivity index (χ3n) is 7.18. The Morgan fingerprint density at radius 2 is 1.94 bits per heavy atom. The predicted molar refractivity (Wildman–Crippen MR) is 132 cm³/mol. The van der Waals surface area contributed by atoms with E-state index in [9.17, 15) is 10.1 Å². The van der Waals surface area contributed by atoms with E-state index in [0.717, 1.165) is 35.3 Å². The summed E-state index contributed by atoms with van der Waals surface area (Å²) in [5, 5.41) is 17.1. The second kappa shape index (κ2) is 10.2. The van der Waals surface area contributed by atoms with Crippen LogP contribution in [0.4, 0.5) is 5.82 Å². The fourth-order valence-corrected chi connectivity index (χ4v) is 4.92. The van der Waals surface area contributed by atoms with Gasteiger partial charge < -0.3 is 9.88 Å². The molecule has 3 aromatic rings. The zero-order valence-corrected chi connectivity index (χ0v) is 20.5. The topological polar surface area (TPSA) is 91.8 Å². The molecule has 1 aliphatic rings. The average molecular weight is 460 g/mol. The molecule has 0 radical (unpaired) electrons. The Kier molecular flexibility index (Phi) is 7.13. The van der Waals surface area contributed by atoms with Crippen LogP contribution in [0, 0.1) is 25.2 Å². The van der Waals surface area contributed by atoms with Crippen LogP contribution < -0.4 is 5.32 Å². The van der Waals surface area contributed by atoms with Crippen molar-refractivity contribution in [3.8, 4) is 11.8 Å². The number of nitriles is 1. The molecular formula is C26H33N7O. The van der Waals surface area contributed by atoms with Crippen LogP contribution in [0.15, 0.2) is 36.9 Å².